The highest BCUT2D eigenvalue weighted by Crippen LogP contribution is 2.23. The Morgan fingerprint density at radius 3 is 2.54 bits per heavy atom. The van der Waals surface area contributed by atoms with Crippen LogP contribution >= 0.6 is 0 Å². The number of nitrogens with zero attached hydrogens (tertiary/aromatic N) is 1. The van der Waals surface area contributed by atoms with Gasteiger partial charge in [0.25, 0.3) is 0 Å². The van der Waals surface area contributed by atoms with Crippen LogP contribution in [0.25, 0.3) is 0 Å². The number of carbonyl (C=O) groups is 1. The van der Waals surface area contributed by atoms with E-state index in [1.807, 2.05) is 25.2 Å². The Morgan fingerprint density at radius 1 is 1.21 bits per heavy atom. The van der Waals surface area contributed by atoms with Crippen LogP contribution in [0, 0.1) is 5.82 Å². The number of carbonyl (C=O) groups excluding carboxylic acids is 1. The average Bonchev–Trinajstić information content (AvgIpc) is 2.57. The fourth-order valence-electron chi connectivity index (χ4n) is 2.43. The molecule has 0 bridgehead atoms. The molecule has 5 heteroatoms. The van der Waals surface area contributed by atoms with Crippen molar-refractivity contribution in [2.24, 2.45) is 0 Å². The molecule has 0 heterocycles. The van der Waals surface area contributed by atoms with Gasteiger partial charge in [0.05, 0.1) is 0 Å². The number of hydrogen-bond donors (Lipinski definition) is 1. The van der Waals surface area contributed by atoms with Crippen molar-refractivity contribution in [3.63, 3.8) is 0 Å². The third kappa shape index (κ3) is 5.06. The van der Waals surface area contributed by atoms with Crippen LogP contribution in [0.3, 0.4) is 0 Å². The maximum Gasteiger partial charge on any atom is 0.414 e. The van der Waals surface area contributed by atoms with Gasteiger partial charge in [0.1, 0.15) is 11.6 Å². The van der Waals surface area contributed by atoms with E-state index in [-0.39, 0.29) is 11.9 Å². The van der Waals surface area contributed by atoms with Gasteiger partial charge in [0, 0.05) is 20.1 Å². The van der Waals surface area contributed by atoms with Crippen molar-refractivity contribution in [3.05, 3.63) is 65.5 Å². The summed E-state index contributed by atoms with van der Waals surface area (Å²) in [4.78, 5) is 13.0. The summed E-state index contributed by atoms with van der Waals surface area (Å²) in [5.41, 5.74) is 2.13. The molecular weight excluding hydrogens is 307 g/mol. The van der Waals surface area contributed by atoms with E-state index < -0.39 is 6.09 Å². The maximum atomic E-state index is 13.0. The molecule has 1 amide bonds. The highest BCUT2D eigenvalue weighted by Gasteiger charge is 2.12. The Labute approximate surface area is 142 Å². The molecule has 0 aromatic heterocycles. The van der Waals surface area contributed by atoms with Crippen LogP contribution in [0.1, 0.15) is 23.6 Å². The van der Waals surface area contributed by atoms with Gasteiger partial charge in [0.2, 0.25) is 0 Å². The minimum atomic E-state index is -0.403. The van der Waals surface area contributed by atoms with E-state index >= 15 is 0 Å². The van der Waals surface area contributed by atoms with Crippen molar-refractivity contribution in [3.8, 4) is 5.75 Å². The van der Waals surface area contributed by atoms with Gasteiger partial charge >= 0.3 is 6.09 Å². The zero-order valence-corrected chi connectivity index (χ0v) is 14.3. The Balaban J connectivity index is 2.04. The second-order valence-corrected chi connectivity index (χ2v) is 5.84. The molecule has 1 N–H and O–H groups in total. The Morgan fingerprint density at radius 2 is 1.92 bits per heavy atom. The van der Waals surface area contributed by atoms with Crippen LogP contribution in [-0.4, -0.2) is 32.1 Å². The third-order valence-corrected chi connectivity index (χ3v) is 3.81. The Bertz CT molecular complexity index is 671. The summed E-state index contributed by atoms with van der Waals surface area (Å²) < 4.78 is 18.3. The van der Waals surface area contributed by atoms with Crippen LogP contribution in [0.2, 0.25) is 0 Å². The van der Waals surface area contributed by atoms with Crippen LogP contribution in [-0.2, 0) is 6.42 Å². The summed E-state index contributed by atoms with van der Waals surface area (Å²) in [6.45, 7) is 0. The summed E-state index contributed by atoms with van der Waals surface area (Å²) >= 11 is 0. The molecule has 0 saturated carbocycles. The fourth-order valence-corrected chi connectivity index (χ4v) is 2.43. The summed E-state index contributed by atoms with van der Waals surface area (Å²) in [5, 5.41) is 3.28. The summed E-state index contributed by atoms with van der Waals surface area (Å²) in [6.07, 6.45) is 1.28. The molecule has 0 radical (unpaired) electrons. The van der Waals surface area contributed by atoms with Gasteiger partial charge in [-0.05, 0) is 55.3 Å². The number of hydrogen-bond acceptors (Lipinski definition) is 3. The van der Waals surface area contributed by atoms with Crippen molar-refractivity contribution in [1.82, 2.24) is 10.2 Å². The smallest absolute Gasteiger partial charge is 0.410 e. The first kappa shape index (κ1) is 17.9. The second-order valence-electron chi connectivity index (χ2n) is 5.84. The van der Waals surface area contributed by atoms with Crippen molar-refractivity contribution < 1.29 is 13.9 Å². The molecular formula is C19H23FN2O2. The van der Waals surface area contributed by atoms with Gasteiger partial charge in [-0.2, -0.15) is 0 Å². The molecule has 0 aliphatic carbocycles. The molecule has 4 nitrogen and oxygen atoms in total. The lowest BCUT2D eigenvalue weighted by Crippen LogP contribution is -2.25. The van der Waals surface area contributed by atoms with Crippen LogP contribution in [0.15, 0.2) is 48.5 Å². The molecule has 0 saturated heterocycles. The summed E-state index contributed by atoms with van der Waals surface area (Å²) in [7, 11) is 5.18. The van der Waals surface area contributed by atoms with E-state index in [1.165, 1.54) is 17.0 Å². The van der Waals surface area contributed by atoms with E-state index in [0.29, 0.717) is 5.75 Å². The van der Waals surface area contributed by atoms with Gasteiger partial charge in [-0.15, -0.1) is 0 Å². The predicted octanol–water partition coefficient (Wildman–Crippen LogP) is 3.78. The Kier molecular flexibility index (Phi) is 6.32. The molecule has 2 aromatic carbocycles. The van der Waals surface area contributed by atoms with Crippen LogP contribution in [0.4, 0.5) is 9.18 Å². The normalized spacial score (nSPS) is 11.8. The number of amides is 1. The van der Waals surface area contributed by atoms with Crippen LogP contribution in [0.5, 0.6) is 5.75 Å². The summed E-state index contributed by atoms with van der Waals surface area (Å²) in [6, 6.07) is 14.2. The molecule has 1 atom stereocenters. The first-order chi connectivity index (χ1) is 11.5. The van der Waals surface area contributed by atoms with Crippen molar-refractivity contribution in [2.45, 2.75) is 18.9 Å². The molecule has 1 unspecified atom stereocenters. The van der Waals surface area contributed by atoms with Gasteiger partial charge in [-0.3, -0.25) is 0 Å². The standard InChI is InChI=1S/C19H23FN2O2/c1-21-18(12-9-14-7-10-16(20)11-8-14)15-5-4-6-17(13-15)24-19(23)22(2)3/h4-8,10-11,13,18,21H,9,12H2,1-3H3. The average molecular weight is 330 g/mol. The lowest BCUT2D eigenvalue weighted by molar-refractivity contribution is 0.172. The molecule has 128 valence electrons. The SMILES string of the molecule is CNC(CCc1ccc(F)cc1)c1cccc(OC(=O)N(C)C)c1. The fraction of sp³-hybridized carbons (Fsp3) is 0.316. The van der Waals surface area contributed by atoms with E-state index in [2.05, 4.69) is 5.32 Å². The van der Waals surface area contributed by atoms with E-state index in [4.69, 9.17) is 4.74 Å². The van der Waals surface area contributed by atoms with Gasteiger partial charge in [-0.25, -0.2) is 9.18 Å². The highest BCUT2D eigenvalue weighted by atomic mass is 19.1. The molecule has 2 aromatic rings. The van der Waals surface area contributed by atoms with Gasteiger partial charge < -0.3 is 15.0 Å². The number of rotatable bonds is 6. The minimum absolute atomic E-state index is 0.119. The van der Waals surface area contributed by atoms with E-state index in [1.54, 1.807) is 32.3 Å². The topological polar surface area (TPSA) is 41.6 Å². The molecule has 0 spiro atoms. The van der Waals surface area contributed by atoms with Crippen molar-refractivity contribution in [2.75, 3.05) is 21.1 Å². The van der Waals surface area contributed by atoms with Crippen molar-refractivity contribution in [1.29, 1.82) is 0 Å². The zero-order chi connectivity index (χ0) is 17.5. The number of benzene rings is 2. The maximum absolute atomic E-state index is 13.0. The highest BCUT2D eigenvalue weighted by molar-refractivity contribution is 5.70. The number of nitrogens with one attached hydrogen (secondary N) is 1. The zero-order valence-electron chi connectivity index (χ0n) is 14.3. The van der Waals surface area contributed by atoms with Crippen LogP contribution < -0.4 is 10.1 Å². The first-order valence-corrected chi connectivity index (χ1v) is 7.90. The molecule has 24 heavy (non-hydrogen) atoms. The quantitative estimate of drug-likeness (QED) is 0.876. The number of aryl methyl sites for hydroxylation is 1. The lowest BCUT2D eigenvalue weighted by Gasteiger charge is -2.18. The number of halogens is 1. The van der Waals surface area contributed by atoms with E-state index in [9.17, 15) is 9.18 Å². The molecule has 0 fully saturated rings. The predicted molar refractivity (Wildman–Crippen MR) is 92.7 cm³/mol. The monoisotopic (exact) mass is 330 g/mol. The van der Waals surface area contributed by atoms with Gasteiger partial charge in [0.15, 0.2) is 0 Å². The molecule has 0 aliphatic rings. The number of ether oxygens (including phenoxy) is 1. The first-order valence-electron chi connectivity index (χ1n) is 7.90. The molecule has 0 aliphatic heterocycles. The van der Waals surface area contributed by atoms with Gasteiger partial charge in [-0.1, -0.05) is 24.3 Å². The second kappa shape index (κ2) is 8.45. The van der Waals surface area contributed by atoms with E-state index in [0.717, 1.165) is 24.0 Å². The van der Waals surface area contributed by atoms with Crippen molar-refractivity contribution >= 4 is 6.09 Å². The third-order valence-electron chi connectivity index (χ3n) is 3.81. The Hall–Kier alpha value is -2.40. The lowest BCUT2D eigenvalue weighted by atomic mass is 9.99. The minimum Gasteiger partial charge on any atom is -0.410 e. The summed E-state index contributed by atoms with van der Waals surface area (Å²) in [5.74, 6) is 0.299. The molecule has 2 rings (SSSR count). The largest absolute Gasteiger partial charge is 0.414 e.